The molecule has 22 heavy (non-hydrogen) atoms. The Morgan fingerprint density at radius 3 is 2.55 bits per heavy atom. The van der Waals surface area contributed by atoms with E-state index in [9.17, 15) is 13.5 Å². The van der Waals surface area contributed by atoms with Crippen molar-refractivity contribution in [3.8, 4) is 5.69 Å². The van der Waals surface area contributed by atoms with Gasteiger partial charge in [0, 0.05) is 5.69 Å². The van der Waals surface area contributed by atoms with E-state index in [-0.39, 0.29) is 0 Å². The largest absolute Gasteiger partial charge is 0.392 e. The minimum atomic E-state index is -3.60. The average Bonchev–Trinajstić information content (AvgIpc) is 3.02. The standard InChI is InChI=1S/C13H17N5O3S/c19-12-3-1-2-4-13(12)22(20,21)15-10-5-7-11(8-6-10)18-9-14-16-17-18/h5-9,12-13,15,19H,1-4H2/t12-,13-/m1/s1. The van der Waals surface area contributed by atoms with Crippen LogP contribution < -0.4 is 4.72 Å². The van der Waals surface area contributed by atoms with Crippen molar-refractivity contribution in [1.29, 1.82) is 0 Å². The van der Waals surface area contributed by atoms with Crippen molar-refractivity contribution in [2.75, 3.05) is 4.72 Å². The number of rotatable bonds is 4. The summed E-state index contributed by atoms with van der Waals surface area (Å²) in [5, 5.41) is 20.0. The zero-order chi connectivity index (χ0) is 15.6. The third-order valence-corrected chi connectivity index (χ3v) is 5.67. The molecule has 0 aliphatic heterocycles. The molecule has 1 aromatic heterocycles. The molecule has 3 rings (SSSR count). The van der Waals surface area contributed by atoms with Gasteiger partial charge in [-0.05, 0) is 47.5 Å². The molecule has 1 aliphatic carbocycles. The second-order valence-corrected chi connectivity index (χ2v) is 7.24. The van der Waals surface area contributed by atoms with Crippen LogP contribution in [0.5, 0.6) is 0 Å². The number of sulfonamides is 1. The second-order valence-electron chi connectivity index (χ2n) is 5.34. The lowest BCUT2D eigenvalue weighted by molar-refractivity contribution is 0.133. The number of aliphatic hydroxyl groups excluding tert-OH is 1. The summed E-state index contributed by atoms with van der Waals surface area (Å²) in [4.78, 5) is 0. The van der Waals surface area contributed by atoms with Crippen molar-refractivity contribution in [2.24, 2.45) is 0 Å². The Kier molecular flexibility index (Phi) is 4.08. The molecule has 118 valence electrons. The van der Waals surface area contributed by atoms with Gasteiger partial charge in [0.15, 0.2) is 0 Å². The van der Waals surface area contributed by atoms with Crippen LogP contribution in [0.3, 0.4) is 0 Å². The summed E-state index contributed by atoms with van der Waals surface area (Å²) in [6, 6.07) is 6.71. The van der Waals surface area contributed by atoms with E-state index in [1.165, 1.54) is 11.0 Å². The second kappa shape index (κ2) is 6.01. The molecule has 0 amide bonds. The van der Waals surface area contributed by atoms with Crippen LogP contribution >= 0.6 is 0 Å². The van der Waals surface area contributed by atoms with Crippen LogP contribution in [-0.2, 0) is 10.0 Å². The van der Waals surface area contributed by atoms with Gasteiger partial charge >= 0.3 is 0 Å². The normalized spacial score (nSPS) is 22.4. The Morgan fingerprint density at radius 2 is 1.91 bits per heavy atom. The highest BCUT2D eigenvalue weighted by Crippen LogP contribution is 2.26. The van der Waals surface area contributed by atoms with Crippen LogP contribution in [0, 0.1) is 0 Å². The first-order valence-electron chi connectivity index (χ1n) is 7.09. The number of hydrogen-bond donors (Lipinski definition) is 2. The Bertz CT molecular complexity index is 715. The molecule has 2 atom stereocenters. The molecule has 1 heterocycles. The topological polar surface area (TPSA) is 110 Å². The van der Waals surface area contributed by atoms with E-state index in [2.05, 4.69) is 20.2 Å². The molecule has 1 fully saturated rings. The lowest BCUT2D eigenvalue weighted by atomic mass is 9.97. The fourth-order valence-electron chi connectivity index (χ4n) is 2.64. The first-order valence-corrected chi connectivity index (χ1v) is 8.64. The van der Waals surface area contributed by atoms with E-state index in [1.54, 1.807) is 24.3 Å². The number of nitrogens with one attached hydrogen (secondary N) is 1. The summed E-state index contributed by atoms with van der Waals surface area (Å²) in [6.45, 7) is 0. The highest BCUT2D eigenvalue weighted by molar-refractivity contribution is 7.93. The van der Waals surface area contributed by atoms with Crippen molar-refractivity contribution < 1.29 is 13.5 Å². The number of benzene rings is 1. The number of aliphatic hydroxyl groups is 1. The summed E-state index contributed by atoms with van der Waals surface area (Å²) >= 11 is 0. The maximum absolute atomic E-state index is 12.4. The predicted molar refractivity (Wildman–Crippen MR) is 80.0 cm³/mol. The molecular formula is C13H17N5O3S. The Labute approximate surface area is 128 Å². The Balaban J connectivity index is 1.75. The van der Waals surface area contributed by atoms with Crippen LogP contribution in [0.15, 0.2) is 30.6 Å². The maximum Gasteiger partial charge on any atom is 0.238 e. The summed E-state index contributed by atoms with van der Waals surface area (Å²) in [7, 11) is -3.60. The van der Waals surface area contributed by atoms with Crippen LogP contribution in [0.4, 0.5) is 5.69 Å². The highest BCUT2D eigenvalue weighted by atomic mass is 32.2. The van der Waals surface area contributed by atoms with Gasteiger partial charge < -0.3 is 5.11 Å². The summed E-state index contributed by atoms with van der Waals surface area (Å²) < 4.78 is 28.8. The smallest absolute Gasteiger partial charge is 0.238 e. The average molecular weight is 323 g/mol. The zero-order valence-corrected chi connectivity index (χ0v) is 12.6. The van der Waals surface area contributed by atoms with Crippen molar-refractivity contribution in [3.05, 3.63) is 30.6 Å². The molecule has 8 nitrogen and oxygen atoms in total. The molecule has 0 spiro atoms. The first kappa shape index (κ1) is 14.9. The van der Waals surface area contributed by atoms with Crippen molar-refractivity contribution in [2.45, 2.75) is 37.0 Å². The van der Waals surface area contributed by atoms with Gasteiger partial charge in [0.25, 0.3) is 0 Å². The number of anilines is 1. The van der Waals surface area contributed by atoms with Gasteiger partial charge in [-0.15, -0.1) is 5.10 Å². The van der Waals surface area contributed by atoms with E-state index in [0.29, 0.717) is 18.5 Å². The predicted octanol–water partition coefficient (Wildman–Crippen LogP) is 0.707. The number of hydrogen-bond acceptors (Lipinski definition) is 6. The number of tetrazole rings is 1. The van der Waals surface area contributed by atoms with Crippen LogP contribution in [-0.4, -0.2) is 45.1 Å². The SMILES string of the molecule is O=S(=O)(Nc1ccc(-n2cnnn2)cc1)[C@@H]1CCCC[C@H]1O. The third kappa shape index (κ3) is 3.09. The lowest BCUT2D eigenvalue weighted by Gasteiger charge is -2.27. The minimum Gasteiger partial charge on any atom is -0.392 e. The molecule has 0 bridgehead atoms. The molecule has 9 heteroatoms. The Morgan fingerprint density at radius 1 is 1.18 bits per heavy atom. The maximum atomic E-state index is 12.4. The van der Waals surface area contributed by atoms with Gasteiger partial charge in [-0.1, -0.05) is 12.8 Å². The molecule has 0 unspecified atom stereocenters. The summed E-state index contributed by atoms with van der Waals surface area (Å²) in [5.41, 5.74) is 1.18. The molecular weight excluding hydrogens is 306 g/mol. The lowest BCUT2D eigenvalue weighted by Crippen LogP contribution is -2.40. The van der Waals surface area contributed by atoms with Gasteiger partial charge in [0.05, 0.1) is 11.8 Å². The summed E-state index contributed by atoms with van der Waals surface area (Å²) in [6.07, 6.45) is 3.36. The third-order valence-electron chi connectivity index (χ3n) is 3.81. The van der Waals surface area contributed by atoms with Gasteiger partial charge in [0.1, 0.15) is 11.6 Å². The fourth-order valence-corrected chi connectivity index (χ4v) is 4.28. The molecule has 0 radical (unpaired) electrons. The molecule has 2 N–H and O–H groups in total. The molecule has 1 aromatic carbocycles. The molecule has 2 aromatic rings. The monoisotopic (exact) mass is 323 g/mol. The number of aromatic nitrogens is 4. The van der Waals surface area contributed by atoms with E-state index in [0.717, 1.165) is 18.5 Å². The highest BCUT2D eigenvalue weighted by Gasteiger charge is 2.34. The van der Waals surface area contributed by atoms with Crippen molar-refractivity contribution in [1.82, 2.24) is 20.2 Å². The molecule has 1 saturated carbocycles. The fraction of sp³-hybridized carbons (Fsp3) is 0.462. The number of nitrogens with zero attached hydrogens (tertiary/aromatic N) is 4. The van der Waals surface area contributed by atoms with Crippen LogP contribution in [0.1, 0.15) is 25.7 Å². The Hall–Kier alpha value is -2.00. The van der Waals surface area contributed by atoms with E-state index < -0.39 is 21.4 Å². The summed E-state index contributed by atoms with van der Waals surface area (Å²) in [5.74, 6) is 0. The minimum absolute atomic E-state index is 0.453. The van der Waals surface area contributed by atoms with Gasteiger partial charge in [0.2, 0.25) is 10.0 Å². The molecule has 1 aliphatic rings. The van der Waals surface area contributed by atoms with Crippen molar-refractivity contribution >= 4 is 15.7 Å². The van der Waals surface area contributed by atoms with Crippen LogP contribution in [0.2, 0.25) is 0 Å². The van der Waals surface area contributed by atoms with Gasteiger partial charge in [-0.3, -0.25) is 4.72 Å². The van der Waals surface area contributed by atoms with Gasteiger partial charge in [-0.2, -0.15) is 0 Å². The van der Waals surface area contributed by atoms with E-state index in [4.69, 9.17) is 0 Å². The zero-order valence-electron chi connectivity index (χ0n) is 11.8. The first-order chi connectivity index (χ1) is 10.6. The quantitative estimate of drug-likeness (QED) is 0.857. The van der Waals surface area contributed by atoms with Crippen molar-refractivity contribution in [3.63, 3.8) is 0 Å². The van der Waals surface area contributed by atoms with E-state index >= 15 is 0 Å². The van der Waals surface area contributed by atoms with Gasteiger partial charge in [-0.25, -0.2) is 13.1 Å². The van der Waals surface area contributed by atoms with Crippen LogP contribution in [0.25, 0.3) is 5.69 Å². The van der Waals surface area contributed by atoms with E-state index in [1.807, 2.05) is 0 Å². The molecule has 0 saturated heterocycles.